The van der Waals surface area contributed by atoms with Crippen LogP contribution in [-0.4, -0.2) is 5.97 Å². The minimum atomic E-state index is -0.274. The Morgan fingerprint density at radius 1 is 1.00 bits per heavy atom. The molecule has 3 aromatic carbocycles. The van der Waals surface area contributed by atoms with E-state index in [-0.39, 0.29) is 5.97 Å². The predicted molar refractivity (Wildman–Crippen MR) is 112 cm³/mol. The first-order valence-electron chi connectivity index (χ1n) is 8.86. The van der Waals surface area contributed by atoms with Crippen LogP contribution in [0.4, 0.5) is 0 Å². The second-order valence-electron chi connectivity index (χ2n) is 6.21. The Hall–Kier alpha value is -3.35. The minimum Gasteiger partial charge on any atom is -0.427 e. The van der Waals surface area contributed by atoms with Gasteiger partial charge in [-0.1, -0.05) is 66.2 Å². The van der Waals surface area contributed by atoms with E-state index in [2.05, 4.69) is 6.07 Å². The van der Waals surface area contributed by atoms with Crippen molar-refractivity contribution >= 4 is 29.2 Å². The van der Waals surface area contributed by atoms with E-state index in [1.165, 1.54) is 0 Å². The average molecular weight is 388 g/mol. The maximum Gasteiger partial charge on any atom is 0.311 e. The molecule has 0 bridgehead atoms. The fourth-order valence-corrected chi connectivity index (χ4v) is 2.90. The smallest absolute Gasteiger partial charge is 0.311 e. The summed E-state index contributed by atoms with van der Waals surface area (Å²) in [5, 5.41) is 10.0. The molecular weight excluding hydrogens is 370 g/mol. The first-order valence-corrected chi connectivity index (χ1v) is 9.24. The highest BCUT2D eigenvalue weighted by molar-refractivity contribution is 6.30. The number of allylic oxidation sites excluding steroid dienone is 1. The van der Waals surface area contributed by atoms with Gasteiger partial charge in [-0.15, -0.1) is 0 Å². The molecule has 0 unspecified atom stereocenters. The minimum absolute atomic E-state index is 0.274. The van der Waals surface area contributed by atoms with Crippen molar-refractivity contribution in [2.24, 2.45) is 0 Å². The Morgan fingerprint density at radius 2 is 1.75 bits per heavy atom. The van der Waals surface area contributed by atoms with Crippen molar-refractivity contribution in [3.8, 4) is 11.8 Å². The Balaban J connectivity index is 1.62. The molecule has 0 radical (unpaired) electrons. The van der Waals surface area contributed by atoms with E-state index in [0.29, 0.717) is 29.2 Å². The summed E-state index contributed by atoms with van der Waals surface area (Å²) in [6.45, 7) is 0. The van der Waals surface area contributed by atoms with Crippen LogP contribution in [0.1, 0.15) is 23.1 Å². The third-order valence-electron chi connectivity index (χ3n) is 4.14. The number of rotatable bonds is 6. The molecule has 0 saturated heterocycles. The number of ether oxygens (including phenoxy) is 1. The van der Waals surface area contributed by atoms with Crippen molar-refractivity contribution in [1.82, 2.24) is 0 Å². The highest BCUT2D eigenvalue weighted by atomic mass is 35.5. The molecule has 0 aliphatic carbocycles. The summed E-state index contributed by atoms with van der Waals surface area (Å²) in [5.74, 6) is 0.209. The van der Waals surface area contributed by atoms with Gasteiger partial charge in [0.25, 0.3) is 0 Å². The monoisotopic (exact) mass is 387 g/mol. The molecule has 0 heterocycles. The molecule has 0 atom stereocenters. The Bertz CT molecular complexity index is 1020. The number of hydrogen-bond donors (Lipinski definition) is 0. The van der Waals surface area contributed by atoms with Gasteiger partial charge in [0.1, 0.15) is 5.75 Å². The SMILES string of the molecule is N#C/C(=C/c1ccc(OC(=O)CCc2ccccc2)cc1)c1cccc(Cl)c1. The Morgan fingerprint density at radius 3 is 2.43 bits per heavy atom. The van der Waals surface area contributed by atoms with Crippen molar-refractivity contribution in [3.63, 3.8) is 0 Å². The van der Waals surface area contributed by atoms with E-state index in [0.717, 1.165) is 16.7 Å². The topological polar surface area (TPSA) is 50.1 Å². The van der Waals surface area contributed by atoms with Crippen molar-refractivity contribution in [2.75, 3.05) is 0 Å². The van der Waals surface area contributed by atoms with Crippen LogP contribution in [-0.2, 0) is 11.2 Å². The summed E-state index contributed by atoms with van der Waals surface area (Å²) in [6.07, 6.45) is 2.73. The fraction of sp³-hybridized carbons (Fsp3) is 0.0833. The molecule has 3 aromatic rings. The quantitative estimate of drug-likeness (QED) is 0.227. The number of carbonyl (C=O) groups is 1. The molecule has 0 saturated carbocycles. The number of carbonyl (C=O) groups excluding carboxylic acids is 1. The van der Waals surface area contributed by atoms with Gasteiger partial charge in [0.05, 0.1) is 11.6 Å². The highest BCUT2D eigenvalue weighted by Crippen LogP contribution is 2.22. The second-order valence-corrected chi connectivity index (χ2v) is 6.65. The number of benzene rings is 3. The molecule has 4 heteroatoms. The van der Waals surface area contributed by atoms with Crippen LogP contribution in [0.3, 0.4) is 0 Å². The fourth-order valence-electron chi connectivity index (χ4n) is 2.71. The lowest BCUT2D eigenvalue weighted by Gasteiger charge is -2.05. The molecule has 3 nitrogen and oxygen atoms in total. The van der Waals surface area contributed by atoms with E-state index in [1.54, 1.807) is 36.4 Å². The van der Waals surface area contributed by atoms with Crippen LogP contribution in [0.15, 0.2) is 78.9 Å². The summed E-state index contributed by atoms with van der Waals surface area (Å²) >= 11 is 6.00. The normalized spacial score (nSPS) is 10.9. The molecular formula is C24H18ClNO2. The zero-order valence-corrected chi connectivity index (χ0v) is 15.9. The zero-order chi connectivity index (χ0) is 19.8. The highest BCUT2D eigenvalue weighted by Gasteiger charge is 2.06. The van der Waals surface area contributed by atoms with Gasteiger partial charge in [0.15, 0.2) is 0 Å². The van der Waals surface area contributed by atoms with Gasteiger partial charge in [-0.05, 0) is 53.5 Å². The van der Waals surface area contributed by atoms with Crippen LogP contribution in [0.5, 0.6) is 5.75 Å². The van der Waals surface area contributed by atoms with Gasteiger partial charge >= 0.3 is 5.97 Å². The van der Waals surface area contributed by atoms with Crippen molar-refractivity contribution in [2.45, 2.75) is 12.8 Å². The van der Waals surface area contributed by atoms with E-state index < -0.39 is 0 Å². The molecule has 138 valence electrons. The summed E-state index contributed by atoms with van der Waals surface area (Å²) in [7, 11) is 0. The van der Waals surface area contributed by atoms with Crippen LogP contribution < -0.4 is 4.74 Å². The number of esters is 1. The number of halogens is 1. The molecule has 0 aliphatic heterocycles. The van der Waals surface area contributed by atoms with Gasteiger partial charge < -0.3 is 4.74 Å². The Labute approximate surface area is 169 Å². The van der Waals surface area contributed by atoms with Crippen molar-refractivity contribution in [1.29, 1.82) is 5.26 Å². The Kier molecular flexibility index (Phi) is 6.62. The third-order valence-corrected chi connectivity index (χ3v) is 4.37. The lowest BCUT2D eigenvalue weighted by Crippen LogP contribution is -2.08. The molecule has 0 aliphatic rings. The second kappa shape index (κ2) is 9.55. The zero-order valence-electron chi connectivity index (χ0n) is 15.1. The molecule has 0 N–H and O–H groups in total. The predicted octanol–water partition coefficient (Wildman–Crippen LogP) is 5.94. The third kappa shape index (κ3) is 5.57. The maximum atomic E-state index is 12.0. The largest absolute Gasteiger partial charge is 0.427 e. The van der Waals surface area contributed by atoms with E-state index in [9.17, 15) is 10.1 Å². The lowest BCUT2D eigenvalue weighted by atomic mass is 10.0. The van der Waals surface area contributed by atoms with Crippen LogP contribution in [0.2, 0.25) is 5.02 Å². The van der Waals surface area contributed by atoms with Gasteiger partial charge in [0.2, 0.25) is 0 Å². The van der Waals surface area contributed by atoms with Gasteiger partial charge in [-0.25, -0.2) is 0 Å². The molecule has 28 heavy (non-hydrogen) atoms. The summed E-state index contributed by atoms with van der Waals surface area (Å²) in [6, 6.07) is 26.2. The van der Waals surface area contributed by atoms with Crippen LogP contribution >= 0.6 is 11.6 Å². The first kappa shape index (κ1) is 19.4. The van der Waals surface area contributed by atoms with Crippen molar-refractivity contribution in [3.05, 3.63) is 101 Å². The first-order chi connectivity index (χ1) is 13.6. The maximum absolute atomic E-state index is 12.0. The number of nitriles is 1. The number of nitrogens with zero attached hydrogens (tertiary/aromatic N) is 1. The molecule has 0 spiro atoms. The summed E-state index contributed by atoms with van der Waals surface area (Å²) < 4.78 is 5.38. The van der Waals surface area contributed by atoms with E-state index in [4.69, 9.17) is 16.3 Å². The molecule has 0 fully saturated rings. The average Bonchev–Trinajstić information content (AvgIpc) is 2.72. The standard InChI is InChI=1S/C24H18ClNO2/c25-22-8-4-7-20(16-22)21(17-26)15-19-9-12-23(13-10-19)28-24(27)14-11-18-5-2-1-3-6-18/h1-10,12-13,15-16H,11,14H2/b21-15-. The summed E-state index contributed by atoms with van der Waals surface area (Å²) in [4.78, 5) is 12.0. The lowest BCUT2D eigenvalue weighted by molar-refractivity contribution is -0.134. The van der Waals surface area contributed by atoms with Crippen molar-refractivity contribution < 1.29 is 9.53 Å². The van der Waals surface area contributed by atoms with Crippen LogP contribution in [0, 0.1) is 11.3 Å². The molecule has 3 rings (SSSR count). The van der Waals surface area contributed by atoms with Crippen LogP contribution in [0.25, 0.3) is 11.6 Å². The molecule has 0 aromatic heterocycles. The number of hydrogen-bond acceptors (Lipinski definition) is 3. The molecule has 0 amide bonds. The summed E-state index contributed by atoms with van der Waals surface area (Å²) in [5.41, 5.74) is 3.20. The van der Waals surface area contributed by atoms with Gasteiger partial charge in [0, 0.05) is 11.4 Å². The number of aryl methyl sites for hydroxylation is 1. The van der Waals surface area contributed by atoms with E-state index >= 15 is 0 Å². The van der Waals surface area contributed by atoms with Gasteiger partial charge in [-0.2, -0.15) is 5.26 Å². The van der Waals surface area contributed by atoms with E-state index in [1.807, 2.05) is 48.5 Å². The van der Waals surface area contributed by atoms with Gasteiger partial charge in [-0.3, -0.25) is 4.79 Å².